The van der Waals surface area contributed by atoms with Gasteiger partial charge in [-0.3, -0.25) is 9.59 Å². The number of fused-ring (bicyclic) bond motifs is 1. The number of piperazine rings is 1. The summed E-state index contributed by atoms with van der Waals surface area (Å²) < 4.78 is 0. The molecule has 0 aliphatic carbocycles. The second-order valence-electron chi connectivity index (χ2n) is 5.65. The maximum absolute atomic E-state index is 12.9. The Bertz CT molecular complexity index is 531. The Morgan fingerprint density at radius 2 is 2.19 bits per heavy atom. The molecule has 114 valence electrons. The molecule has 3 rings (SSSR count). The lowest BCUT2D eigenvalue weighted by molar-refractivity contribution is -0.162. The van der Waals surface area contributed by atoms with Crippen LogP contribution in [0.5, 0.6) is 0 Å². The van der Waals surface area contributed by atoms with Gasteiger partial charge in [0.1, 0.15) is 17.1 Å². The van der Waals surface area contributed by atoms with Gasteiger partial charge in [-0.25, -0.2) is 4.98 Å². The average Bonchev–Trinajstić information content (AvgIpc) is 3.16. The van der Waals surface area contributed by atoms with Gasteiger partial charge in [0.05, 0.1) is 6.04 Å². The number of carbonyl (C=O) groups excluding carboxylic acids is 2. The first-order valence-electron chi connectivity index (χ1n) is 7.71. The van der Waals surface area contributed by atoms with E-state index in [1.807, 2.05) is 17.2 Å². The molecular weight excluding hydrogens is 286 g/mol. The molecule has 2 aliphatic heterocycles. The van der Waals surface area contributed by atoms with Crippen molar-refractivity contribution in [3.8, 4) is 0 Å². The highest BCUT2D eigenvalue weighted by molar-refractivity contribution is 7.09. The highest BCUT2D eigenvalue weighted by atomic mass is 32.1. The van der Waals surface area contributed by atoms with E-state index in [4.69, 9.17) is 0 Å². The van der Waals surface area contributed by atoms with E-state index in [-0.39, 0.29) is 29.9 Å². The Morgan fingerprint density at radius 1 is 1.38 bits per heavy atom. The van der Waals surface area contributed by atoms with Crippen LogP contribution >= 0.6 is 11.3 Å². The first kappa shape index (κ1) is 14.5. The lowest BCUT2D eigenvalue weighted by atomic mass is 9.99. The summed E-state index contributed by atoms with van der Waals surface area (Å²) in [5, 5.41) is 2.86. The fourth-order valence-electron chi connectivity index (χ4n) is 3.55. The zero-order valence-corrected chi connectivity index (χ0v) is 13.3. The number of aromatic nitrogens is 1. The molecule has 21 heavy (non-hydrogen) atoms. The monoisotopic (exact) mass is 307 g/mol. The van der Waals surface area contributed by atoms with Gasteiger partial charge >= 0.3 is 0 Å². The fraction of sp³-hybridized carbons (Fsp3) is 0.667. The zero-order chi connectivity index (χ0) is 15.0. The Balaban J connectivity index is 1.97. The number of hydrogen-bond donors (Lipinski definition) is 0. The van der Waals surface area contributed by atoms with Crippen molar-refractivity contribution in [2.24, 2.45) is 0 Å². The molecule has 5 nitrogen and oxygen atoms in total. The van der Waals surface area contributed by atoms with Crippen LogP contribution in [0.2, 0.25) is 0 Å². The summed E-state index contributed by atoms with van der Waals surface area (Å²) in [5.74, 6) is 0.232. The Kier molecular flexibility index (Phi) is 3.97. The molecule has 0 saturated carbocycles. The molecule has 6 heteroatoms. The molecule has 2 aliphatic rings. The molecule has 0 radical (unpaired) electrons. The predicted octanol–water partition coefficient (Wildman–Crippen LogP) is 2.21. The number of rotatable bonds is 4. The van der Waals surface area contributed by atoms with Gasteiger partial charge in [0.2, 0.25) is 11.8 Å². The van der Waals surface area contributed by atoms with E-state index in [1.54, 1.807) is 22.4 Å². The van der Waals surface area contributed by atoms with Crippen molar-refractivity contribution >= 4 is 23.2 Å². The second kappa shape index (κ2) is 5.75. The van der Waals surface area contributed by atoms with E-state index >= 15 is 0 Å². The van der Waals surface area contributed by atoms with Gasteiger partial charge in [-0.05, 0) is 25.7 Å². The van der Waals surface area contributed by atoms with Gasteiger partial charge in [-0.1, -0.05) is 13.8 Å². The van der Waals surface area contributed by atoms with Crippen LogP contribution in [0.25, 0.3) is 0 Å². The number of thiazole rings is 1. The van der Waals surface area contributed by atoms with Crippen molar-refractivity contribution in [2.45, 2.75) is 57.7 Å². The summed E-state index contributed by atoms with van der Waals surface area (Å²) in [5.41, 5.74) is 0. The van der Waals surface area contributed by atoms with Crippen molar-refractivity contribution < 1.29 is 9.59 Å². The quantitative estimate of drug-likeness (QED) is 0.857. The fourth-order valence-corrected chi connectivity index (χ4v) is 4.37. The van der Waals surface area contributed by atoms with E-state index in [0.717, 1.165) is 30.8 Å². The molecule has 2 fully saturated rings. The highest BCUT2D eigenvalue weighted by Gasteiger charge is 2.49. The second-order valence-corrected chi connectivity index (χ2v) is 6.58. The molecule has 0 N–H and O–H groups in total. The van der Waals surface area contributed by atoms with Crippen molar-refractivity contribution in [3.05, 3.63) is 16.6 Å². The maximum atomic E-state index is 12.9. The molecular formula is C15H21N3O2S. The van der Waals surface area contributed by atoms with Gasteiger partial charge < -0.3 is 9.80 Å². The Labute approximate surface area is 129 Å². The number of nitrogens with zero attached hydrogens (tertiary/aromatic N) is 3. The maximum Gasteiger partial charge on any atom is 0.246 e. The summed E-state index contributed by atoms with van der Waals surface area (Å²) in [6.07, 6.45) is 4.94. The first-order chi connectivity index (χ1) is 10.2. The lowest BCUT2D eigenvalue weighted by Crippen LogP contribution is -2.63. The average molecular weight is 307 g/mol. The third kappa shape index (κ3) is 2.25. The third-order valence-corrected chi connectivity index (χ3v) is 5.42. The molecule has 1 aromatic rings. The van der Waals surface area contributed by atoms with Crippen LogP contribution in [0.3, 0.4) is 0 Å². The standard InChI is InChI=1S/C15H21N3O2S/c1-3-10(13-16-7-9-21-13)18-11(4-2)14(19)17-8-5-6-12(17)15(18)20/h7,9-12H,3-6,8H2,1-2H3. The summed E-state index contributed by atoms with van der Waals surface area (Å²) in [7, 11) is 0. The molecule has 0 spiro atoms. The number of carbonyl (C=O) groups is 2. The smallest absolute Gasteiger partial charge is 0.246 e. The van der Waals surface area contributed by atoms with Crippen molar-refractivity contribution in [1.29, 1.82) is 0 Å². The molecule has 2 saturated heterocycles. The largest absolute Gasteiger partial charge is 0.329 e. The molecule has 0 aromatic carbocycles. The lowest BCUT2D eigenvalue weighted by Gasteiger charge is -2.45. The SMILES string of the molecule is CCC1C(=O)N2CCCC2C(=O)N1C(CC)c1nccs1. The van der Waals surface area contributed by atoms with Crippen LogP contribution in [0.1, 0.15) is 50.6 Å². The normalized spacial score (nSPS) is 27.1. The minimum atomic E-state index is -0.333. The van der Waals surface area contributed by atoms with Gasteiger partial charge in [0.25, 0.3) is 0 Å². The molecule has 1 aromatic heterocycles. The minimum absolute atomic E-state index is 0.0749. The molecule has 3 unspecified atom stereocenters. The summed E-state index contributed by atoms with van der Waals surface area (Å²) in [6.45, 7) is 4.76. The van der Waals surface area contributed by atoms with Crippen LogP contribution in [0, 0.1) is 0 Å². The van der Waals surface area contributed by atoms with Crippen LogP contribution < -0.4 is 0 Å². The van der Waals surface area contributed by atoms with E-state index in [1.165, 1.54) is 0 Å². The summed E-state index contributed by atoms with van der Waals surface area (Å²) >= 11 is 1.56. The number of hydrogen-bond acceptors (Lipinski definition) is 4. The molecule has 2 amide bonds. The zero-order valence-electron chi connectivity index (χ0n) is 12.5. The van der Waals surface area contributed by atoms with Gasteiger partial charge in [-0.2, -0.15) is 0 Å². The van der Waals surface area contributed by atoms with E-state index in [2.05, 4.69) is 11.9 Å². The topological polar surface area (TPSA) is 53.5 Å². The van der Waals surface area contributed by atoms with Crippen LogP contribution in [0.15, 0.2) is 11.6 Å². The van der Waals surface area contributed by atoms with Crippen molar-refractivity contribution in [1.82, 2.24) is 14.8 Å². The third-order valence-electron chi connectivity index (χ3n) is 4.54. The Morgan fingerprint density at radius 3 is 2.81 bits per heavy atom. The molecule has 3 heterocycles. The summed E-state index contributed by atoms with van der Waals surface area (Å²) in [6, 6.07) is -0.649. The van der Waals surface area contributed by atoms with Crippen LogP contribution in [-0.2, 0) is 9.59 Å². The van der Waals surface area contributed by atoms with E-state index in [9.17, 15) is 9.59 Å². The highest BCUT2D eigenvalue weighted by Crippen LogP contribution is 2.36. The predicted molar refractivity (Wildman–Crippen MR) is 80.8 cm³/mol. The Hall–Kier alpha value is -1.43. The molecule has 3 atom stereocenters. The van der Waals surface area contributed by atoms with Crippen LogP contribution in [0.4, 0.5) is 0 Å². The van der Waals surface area contributed by atoms with Crippen molar-refractivity contribution in [2.75, 3.05) is 6.54 Å². The minimum Gasteiger partial charge on any atom is -0.329 e. The first-order valence-corrected chi connectivity index (χ1v) is 8.59. The summed E-state index contributed by atoms with van der Waals surface area (Å²) in [4.78, 5) is 33.6. The number of amides is 2. The van der Waals surface area contributed by atoms with Crippen molar-refractivity contribution in [3.63, 3.8) is 0 Å². The van der Waals surface area contributed by atoms with Crippen LogP contribution in [-0.4, -0.2) is 45.2 Å². The van der Waals surface area contributed by atoms with E-state index in [0.29, 0.717) is 6.42 Å². The van der Waals surface area contributed by atoms with Gasteiger partial charge in [0.15, 0.2) is 0 Å². The van der Waals surface area contributed by atoms with Gasteiger partial charge in [-0.15, -0.1) is 11.3 Å². The van der Waals surface area contributed by atoms with E-state index < -0.39 is 0 Å². The molecule has 0 bridgehead atoms. The van der Waals surface area contributed by atoms with Gasteiger partial charge in [0, 0.05) is 18.1 Å².